The molecule has 0 saturated carbocycles. The van der Waals surface area contributed by atoms with Crippen LogP contribution in [-0.2, 0) is 15.2 Å². The number of aliphatic hydroxyl groups is 1. The number of hydrogen-bond donors (Lipinski definition) is 3. The van der Waals surface area contributed by atoms with Crippen molar-refractivity contribution < 1.29 is 24.5 Å². The molecule has 3 N–H and O–H groups in total. The fraction of sp³-hybridized carbons (Fsp3) is 0.0870. The number of carboxylic acid groups (broad SMARTS) is 1. The number of carbonyl (C=O) groups excluding carboxylic acids is 1. The van der Waals surface area contributed by atoms with Crippen molar-refractivity contribution in [2.24, 2.45) is 5.10 Å². The summed E-state index contributed by atoms with van der Waals surface area (Å²) in [6.07, 6.45) is 1.44. The molecule has 32 heavy (non-hydrogen) atoms. The molecule has 0 unspecified atom stereocenters. The summed E-state index contributed by atoms with van der Waals surface area (Å²) in [5.74, 6) is -1.29. The highest BCUT2D eigenvalue weighted by Gasteiger charge is 2.39. The van der Waals surface area contributed by atoms with Crippen LogP contribution < -0.4 is 10.2 Å². The van der Waals surface area contributed by atoms with Gasteiger partial charge < -0.3 is 14.9 Å². The Labute approximate surface area is 211 Å². The SMILES string of the molecule is O=C(O)COc1c(I)cc(/C=N/NC(=O)C(O)(c2ccccc2)c2ccccc2)cc1I. The average Bonchev–Trinajstić information content (AvgIpc) is 2.79. The van der Waals surface area contributed by atoms with E-state index < -0.39 is 24.1 Å². The summed E-state index contributed by atoms with van der Waals surface area (Å²) in [7, 11) is 0. The third kappa shape index (κ3) is 5.64. The summed E-state index contributed by atoms with van der Waals surface area (Å²) < 4.78 is 6.71. The Hall–Kier alpha value is -2.51. The molecule has 7 nitrogen and oxygen atoms in total. The number of nitrogens with one attached hydrogen (secondary N) is 1. The lowest BCUT2D eigenvalue weighted by molar-refractivity contribution is -0.139. The lowest BCUT2D eigenvalue weighted by Gasteiger charge is -2.27. The molecule has 0 aromatic heterocycles. The molecule has 0 heterocycles. The maximum absolute atomic E-state index is 13.0. The molecule has 3 rings (SSSR count). The van der Waals surface area contributed by atoms with Gasteiger partial charge in [0.05, 0.1) is 13.4 Å². The van der Waals surface area contributed by atoms with Gasteiger partial charge in [0.2, 0.25) is 0 Å². The largest absolute Gasteiger partial charge is 0.480 e. The van der Waals surface area contributed by atoms with Gasteiger partial charge >= 0.3 is 5.97 Å². The molecule has 9 heteroatoms. The average molecular weight is 656 g/mol. The minimum absolute atomic E-state index is 0.419. The van der Waals surface area contributed by atoms with Crippen molar-refractivity contribution in [3.05, 3.63) is 96.6 Å². The van der Waals surface area contributed by atoms with Crippen LogP contribution in [0.15, 0.2) is 77.9 Å². The molecule has 0 aliphatic rings. The first-order valence-corrected chi connectivity index (χ1v) is 11.5. The molecule has 0 bridgehead atoms. The molecule has 0 radical (unpaired) electrons. The van der Waals surface area contributed by atoms with E-state index in [1.165, 1.54) is 6.21 Å². The topological polar surface area (TPSA) is 108 Å². The second-order valence-corrected chi connectivity index (χ2v) is 8.96. The number of hydrazone groups is 1. The molecule has 0 aliphatic carbocycles. The van der Waals surface area contributed by atoms with E-state index in [0.29, 0.717) is 29.6 Å². The smallest absolute Gasteiger partial charge is 0.341 e. The highest BCUT2D eigenvalue weighted by atomic mass is 127. The summed E-state index contributed by atoms with van der Waals surface area (Å²) in [4.78, 5) is 23.8. The first-order chi connectivity index (χ1) is 15.3. The number of benzene rings is 3. The first kappa shape index (κ1) is 24.1. The third-order valence-electron chi connectivity index (χ3n) is 4.45. The minimum Gasteiger partial charge on any atom is -0.480 e. The van der Waals surface area contributed by atoms with Crippen molar-refractivity contribution in [3.8, 4) is 5.75 Å². The van der Waals surface area contributed by atoms with Gasteiger partial charge in [-0.25, -0.2) is 10.2 Å². The van der Waals surface area contributed by atoms with Crippen molar-refractivity contribution in [2.45, 2.75) is 5.60 Å². The standard InChI is InChI=1S/C23H18I2N2O5/c24-18-11-15(12-19(25)21(18)32-14-20(28)29)13-26-27-22(30)23(31,16-7-3-1-4-8-16)17-9-5-2-6-10-17/h1-13,31H,14H2,(H,27,30)(H,28,29)/b26-13+. The van der Waals surface area contributed by atoms with Gasteiger partial charge in [0.25, 0.3) is 5.91 Å². The van der Waals surface area contributed by atoms with Crippen LogP contribution in [0.1, 0.15) is 16.7 Å². The quantitative estimate of drug-likeness (QED) is 0.195. The van der Waals surface area contributed by atoms with Crippen LogP contribution >= 0.6 is 45.2 Å². The van der Waals surface area contributed by atoms with Crippen molar-refractivity contribution in [2.75, 3.05) is 6.61 Å². The summed E-state index contributed by atoms with van der Waals surface area (Å²) >= 11 is 4.08. The van der Waals surface area contributed by atoms with Crippen LogP contribution in [0.3, 0.4) is 0 Å². The molecular weight excluding hydrogens is 638 g/mol. The van der Waals surface area contributed by atoms with E-state index in [1.54, 1.807) is 72.8 Å². The predicted molar refractivity (Wildman–Crippen MR) is 137 cm³/mol. The molecule has 0 spiro atoms. The van der Waals surface area contributed by atoms with Gasteiger partial charge in [-0.15, -0.1) is 0 Å². The van der Waals surface area contributed by atoms with Crippen LogP contribution in [0, 0.1) is 7.14 Å². The van der Waals surface area contributed by atoms with Crippen molar-refractivity contribution >= 4 is 63.3 Å². The Morgan fingerprint density at radius 3 is 1.94 bits per heavy atom. The van der Waals surface area contributed by atoms with Gasteiger partial charge in [-0.3, -0.25) is 4.79 Å². The molecular formula is C23H18I2N2O5. The fourth-order valence-corrected chi connectivity index (χ4v) is 5.09. The highest BCUT2D eigenvalue weighted by molar-refractivity contribution is 14.1. The van der Waals surface area contributed by atoms with Gasteiger partial charge in [0, 0.05) is 0 Å². The van der Waals surface area contributed by atoms with E-state index in [4.69, 9.17) is 9.84 Å². The zero-order valence-corrected chi connectivity index (χ0v) is 20.8. The molecule has 1 amide bonds. The van der Waals surface area contributed by atoms with Crippen molar-refractivity contribution in [1.82, 2.24) is 5.43 Å². The van der Waals surface area contributed by atoms with E-state index >= 15 is 0 Å². The number of nitrogens with zero attached hydrogens (tertiary/aromatic N) is 1. The van der Waals surface area contributed by atoms with E-state index in [0.717, 1.165) is 0 Å². The molecule has 0 aliphatic heterocycles. The van der Waals surface area contributed by atoms with Crippen LogP contribution in [0.2, 0.25) is 0 Å². The Kier molecular flexibility index (Phi) is 8.21. The number of hydrogen-bond acceptors (Lipinski definition) is 5. The normalized spacial score (nSPS) is 11.3. The molecule has 0 fully saturated rings. The highest BCUT2D eigenvalue weighted by Crippen LogP contribution is 2.30. The number of aliphatic carboxylic acids is 1. The van der Waals surface area contributed by atoms with Crippen LogP contribution in [0.5, 0.6) is 5.75 Å². The van der Waals surface area contributed by atoms with E-state index in [9.17, 15) is 14.7 Å². The van der Waals surface area contributed by atoms with Crippen LogP contribution in [0.4, 0.5) is 0 Å². The van der Waals surface area contributed by atoms with Gasteiger partial charge in [-0.05, 0) is 74.0 Å². The number of carbonyl (C=O) groups is 2. The molecule has 3 aromatic carbocycles. The molecule has 0 atom stereocenters. The zero-order chi connectivity index (χ0) is 23.1. The summed E-state index contributed by atoms with van der Waals surface area (Å²) in [6.45, 7) is -0.437. The van der Waals surface area contributed by atoms with Gasteiger partial charge in [-0.2, -0.15) is 5.10 Å². The maximum Gasteiger partial charge on any atom is 0.341 e. The van der Waals surface area contributed by atoms with Crippen molar-refractivity contribution in [3.63, 3.8) is 0 Å². The Morgan fingerprint density at radius 1 is 0.969 bits per heavy atom. The maximum atomic E-state index is 13.0. The number of ether oxygens (including phenoxy) is 1. The van der Waals surface area contributed by atoms with E-state index in [1.807, 2.05) is 45.2 Å². The fourth-order valence-electron chi connectivity index (χ4n) is 2.96. The molecule has 164 valence electrons. The number of rotatable bonds is 8. The zero-order valence-electron chi connectivity index (χ0n) is 16.5. The lowest BCUT2D eigenvalue weighted by atomic mass is 9.85. The summed E-state index contributed by atoms with van der Waals surface area (Å²) in [5.41, 5.74) is 2.02. The van der Waals surface area contributed by atoms with Gasteiger partial charge in [0.1, 0.15) is 5.75 Å². The minimum atomic E-state index is -1.92. The Balaban J connectivity index is 1.82. The Morgan fingerprint density at radius 2 is 1.47 bits per heavy atom. The number of carboxylic acids is 1. The number of amides is 1. The van der Waals surface area contributed by atoms with Crippen molar-refractivity contribution in [1.29, 1.82) is 0 Å². The lowest BCUT2D eigenvalue weighted by Crippen LogP contribution is -2.43. The van der Waals surface area contributed by atoms with Gasteiger partial charge in [0.15, 0.2) is 12.2 Å². The predicted octanol–water partition coefficient (Wildman–Crippen LogP) is 3.75. The Bertz CT molecular complexity index is 1080. The van der Waals surface area contributed by atoms with E-state index in [-0.39, 0.29) is 0 Å². The van der Waals surface area contributed by atoms with Gasteiger partial charge in [-0.1, -0.05) is 60.7 Å². The molecule has 3 aromatic rings. The first-order valence-electron chi connectivity index (χ1n) is 9.33. The second kappa shape index (κ2) is 10.9. The third-order valence-corrected chi connectivity index (χ3v) is 6.05. The van der Waals surface area contributed by atoms with Crippen LogP contribution in [-0.4, -0.2) is 34.9 Å². The van der Waals surface area contributed by atoms with Crippen LogP contribution in [0.25, 0.3) is 0 Å². The second-order valence-electron chi connectivity index (χ2n) is 6.64. The van der Waals surface area contributed by atoms with E-state index in [2.05, 4.69) is 10.5 Å². The monoisotopic (exact) mass is 656 g/mol. The molecule has 0 saturated heterocycles. The summed E-state index contributed by atoms with van der Waals surface area (Å²) in [6, 6.07) is 20.8. The number of halogens is 2. The summed E-state index contributed by atoms with van der Waals surface area (Å²) in [5, 5.41) is 24.2.